The minimum Gasteiger partial charge on any atom is -0.507 e. The highest BCUT2D eigenvalue weighted by molar-refractivity contribution is 5.71. The average Bonchev–Trinajstić information content (AvgIpc) is 3.20. The van der Waals surface area contributed by atoms with Crippen molar-refractivity contribution in [2.45, 2.75) is 32.2 Å². The SMILES string of the molecule is COC(=O)C[C@H](c1ccccc1)c1c(O)cc(C)n(CCc2cnc[nH]2)c1=O. The van der Waals surface area contributed by atoms with E-state index in [0.29, 0.717) is 18.7 Å². The Morgan fingerprint density at radius 1 is 1.32 bits per heavy atom. The number of carbonyl (C=O) groups is 1. The molecule has 0 aliphatic rings. The second-order valence-electron chi connectivity index (χ2n) is 6.61. The molecule has 7 heteroatoms. The van der Waals surface area contributed by atoms with Crippen molar-refractivity contribution in [1.82, 2.24) is 14.5 Å². The number of rotatable bonds is 7. The maximum Gasteiger partial charge on any atom is 0.306 e. The van der Waals surface area contributed by atoms with Gasteiger partial charge in [-0.15, -0.1) is 0 Å². The van der Waals surface area contributed by atoms with Crippen molar-refractivity contribution in [2.75, 3.05) is 7.11 Å². The molecule has 3 rings (SSSR count). The zero-order valence-electron chi connectivity index (χ0n) is 15.9. The van der Waals surface area contributed by atoms with Gasteiger partial charge in [0.2, 0.25) is 0 Å². The molecular weight excluding hydrogens is 358 g/mol. The lowest BCUT2D eigenvalue weighted by Crippen LogP contribution is -2.29. The Kier molecular flexibility index (Phi) is 5.93. The van der Waals surface area contributed by atoms with Crippen LogP contribution in [0.25, 0.3) is 0 Å². The molecule has 0 fully saturated rings. The summed E-state index contributed by atoms with van der Waals surface area (Å²) in [6, 6.07) is 10.8. The maximum absolute atomic E-state index is 13.3. The number of aromatic nitrogens is 3. The summed E-state index contributed by atoms with van der Waals surface area (Å²) in [5.41, 5.74) is 2.22. The van der Waals surface area contributed by atoms with Crippen molar-refractivity contribution in [3.63, 3.8) is 0 Å². The highest BCUT2D eigenvalue weighted by Gasteiger charge is 2.26. The molecule has 2 heterocycles. The number of hydrogen-bond donors (Lipinski definition) is 2. The molecule has 0 bridgehead atoms. The van der Waals surface area contributed by atoms with Gasteiger partial charge in [0.15, 0.2) is 0 Å². The number of imidazole rings is 1. The number of nitrogens with zero attached hydrogens (tertiary/aromatic N) is 2. The third-order valence-electron chi connectivity index (χ3n) is 4.83. The third kappa shape index (κ3) is 4.14. The fourth-order valence-electron chi connectivity index (χ4n) is 3.35. The number of aryl methyl sites for hydroxylation is 2. The summed E-state index contributed by atoms with van der Waals surface area (Å²) in [7, 11) is 1.31. The van der Waals surface area contributed by atoms with Gasteiger partial charge in [0.1, 0.15) is 5.75 Å². The number of esters is 1. The molecule has 0 unspecified atom stereocenters. The fraction of sp³-hybridized carbons (Fsp3) is 0.286. The largest absolute Gasteiger partial charge is 0.507 e. The lowest BCUT2D eigenvalue weighted by molar-refractivity contribution is -0.140. The van der Waals surface area contributed by atoms with Gasteiger partial charge in [0.25, 0.3) is 5.56 Å². The number of hydrogen-bond acceptors (Lipinski definition) is 5. The summed E-state index contributed by atoms with van der Waals surface area (Å²) in [6.07, 6.45) is 3.87. The first kappa shape index (κ1) is 19.4. The summed E-state index contributed by atoms with van der Waals surface area (Å²) < 4.78 is 6.43. The van der Waals surface area contributed by atoms with E-state index in [1.807, 2.05) is 30.3 Å². The van der Waals surface area contributed by atoms with Gasteiger partial charge in [-0.2, -0.15) is 0 Å². The molecule has 146 valence electrons. The zero-order chi connectivity index (χ0) is 20.1. The van der Waals surface area contributed by atoms with E-state index >= 15 is 0 Å². The summed E-state index contributed by atoms with van der Waals surface area (Å²) in [5, 5.41) is 10.6. The molecule has 0 amide bonds. The van der Waals surface area contributed by atoms with Gasteiger partial charge in [0, 0.05) is 36.5 Å². The number of ether oxygens (including phenoxy) is 1. The van der Waals surface area contributed by atoms with Crippen LogP contribution in [0.4, 0.5) is 0 Å². The average molecular weight is 381 g/mol. The Bertz CT molecular complexity index is 994. The minimum absolute atomic E-state index is 0.0348. The van der Waals surface area contributed by atoms with E-state index < -0.39 is 11.9 Å². The van der Waals surface area contributed by atoms with Crippen molar-refractivity contribution in [3.05, 3.63) is 81.8 Å². The molecule has 2 aromatic heterocycles. The minimum atomic E-state index is -0.597. The first-order valence-corrected chi connectivity index (χ1v) is 9.03. The number of H-pyrrole nitrogens is 1. The third-order valence-corrected chi connectivity index (χ3v) is 4.83. The Labute approximate surface area is 162 Å². The van der Waals surface area contributed by atoms with Gasteiger partial charge in [0.05, 0.1) is 25.4 Å². The second-order valence-corrected chi connectivity index (χ2v) is 6.61. The van der Waals surface area contributed by atoms with Crippen LogP contribution in [-0.2, 0) is 22.5 Å². The summed E-state index contributed by atoms with van der Waals surface area (Å²) in [4.78, 5) is 32.3. The van der Waals surface area contributed by atoms with Crippen LogP contribution in [0, 0.1) is 6.92 Å². The van der Waals surface area contributed by atoms with Crippen LogP contribution in [-0.4, -0.2) is 32.7 Å². The first-order valence-electron chi connectivity index (χ1n) is 9.03. The molecule has 1 atom stereocenters. The van der Waals surface area contributed by atoms with E-state index in [0.717, 1.165) is 11.3 Å². The first-order chi connectivity index (χ1) is 13.5. The van der Waals surface area contributed by atoms with Crippen molar-refractivity contribution < 1.29 is 14.6 Å². The fourth-order valence-corrected chi connectivity index (χ4v) is 3.35. The smallest absolute Gasteiger partial charge is 0.306 e. The van der Waals surface area contributed by atoms with Crippen molar-refractivity contribution in [1.29, 1.82) is 0 Å². The summed E-state index contributed by atoms with van der Waals surface area (Å²) in [5.74, 6) is -1.16. The molecule has 0 saturated carbocycles. The number of pyridine rings is 1. The van der Waals surface area contributed by atoms with Gasteiger partial charge in [-0.25, -0.2) is 4.98 Å². The highest BCUT2D eigenvalue weighted by Crippen LogP contribution is 2.32. The van der Waals surface area contributed by atoms with Crippen LogP contribution < -0.4 is 5.56 Å². The predicted octanol–water partition coefficient (Wildman–Crippen LogP) is 2.52. The number of aromatic hydroxyl groups is 1. The number of nitrogens with one attached hydrogen (secondary N) is 1. The predicted molar refractivity (Wildman–Crippen MR) is 104 cm³/mol. The Morgan fingerprint density at radius 2 is 2.07 bits per heavy atom. The van der Waals surface area contributed by atoms with E-state index in [-0.39, 0.29) is 23.3 Å². The van der Waals surface area contributed by atoms with Crippen molar-refractivity contribution >= 4 is 5.97 Å². The number of carbonyl (C=O) groups excluding carboxylic acids is 1. The molecule has 1 aromatic carbocycles. The van der Waals surface area contributed by atoms with Gasteiger partial charge in [-0.05, 0) is 18.6 Å². The number of benzene rings is 1. The van der Waals surface area contributed by atoms with Gasteiger partial charge in [-0.1, -0.05) is 30.3 Å². The monoisotopic (exact) mass is 381 g/mol. The van der Waals surface area contributed by atoms with E-state index in [2.05, 4.69) is 9.97 Å². The quantitative estimate of drug-likeness (QED) is 0.613. The van der Waals surface area contributed by atoms with E-state index in [9.17, 15) is 14.7 Å². The van der Waals surface area contributed by atoms with E-state index in [1.165, 1.54) is 7.11 Å². The molecule has 0 aliphatic carbocycles. The Hall–Kier alpha value is -3.35. The topological polar surface area (TPSA) is 97.2 Å². The standard InChI is InChI=1S/C21H23N3O4/c1-14-10-18(25)20(21(27)24(14)9-8-16-12-22-13-23-16)17(11-19(26)28-2)15-6-4-3-5-7-15/h3-7,10,12-13,17,25H,8-9,11H2,1-2H3,(H,22,23)/t17-/m1/s1. The molecule has 0 spiro atoms. The molecule has 0 radical (unpaired) electrons. The zero-order valence-corrected chi connectivity index (χ0v) is 15.9. The van der Waals surface area contributed by atoms with E-state index in [1.54, 1.807) is 30.1 Å². The lowest BCUT2D eigenvalue weighted by atomic mass is 9.88. The number of methoxy groups -OCH3 is 1. The van der Waals surface area contributed by atoms with Gasteiger partial charge in [-0.3, -0.25) is 9.59 Å². The van der Waals surface area contributed by atoms with Crippen LogP contribution >= 0.6 is 0 Å². The Balaban J connectivity index is 2.05. The van der Waals surface area contributed by atoms with Crippen LogP contribution in [0.2, 0.25) is 0 Å². The van der Waals surface area contributed by atoms with Crippen LogP contribution in [0.3, 0.4) is 0 Å². The highest BCUT2D eigenvalue weighted by atomic mass is 16.5. The van der Waals surface area contributed by atoms with Crippen molar-refractivity contribution in [2.24, 2.45) is 0 Å². The normalized spacial score (nSPS) is 11.9. The summed E-state index contributed by atoms with van der Waals surface area (Å²) >= 11 is 0. The molecule has 0 aliphatic heterocycles. The number of aromatic amines is 1. The molecular formula is C21H23N3O4. The van der Waals surface area contributed by atoms with Crippen LogP contribution in [0.1, 0.15) is 34.9 Å². The molecule has 2 N–H and O–H groups in total. The molecule has 3 aromatic rings. The maximum atomic E-state index is 13.3. The summed E-state index contributed by atoms with van der Waals surface area (Å²) in [6.45, 7) is 2.20. The van der Waals surface area contributed by atoms with Crippen molar-refractivity contribution in [3.8, 4) is 5.75 Å². The molecule has 28 heavy (non-hydrogen) atoms. The van der Waals surface area contributed by atoms with E-state index in [4.69, 9.17) is 4.74 Å². The lowest BCUT2D eigenvalue weighted by Gasteiger charge is -2.20. The van der Waals surface area contributed by atoms with Gasteiger partial charge >= 0.3 is 5.97 Å². The van der Waals surface area contributed by atoms with Crippen LogP contribution in [0.5, 0.6) is 5.75 Å². The second kappa shape index (κ2) is 8.56. The van der Waals surface area contributed by atoms with Crippen LogP contribution in [0.15, 0.2) is 53.7 Å². The molecule has 7 nitrogen and oxygen atoms in total. The van der Waals surface area contributed by atoms with Gasteiger partial charge < -0.3 is 19.4 Å². The molecule has 0 saturated heterocycles. The Morgan fingerprint density at radius 3 is 2.71 bits per heavy atom.